The summed E-state index contributed by atoms with van der Waals surface area (Å²) in [6, 6.07) is 8.90. The molecule has 2 N–H and O–H groups in total. The molecule has 0 heterocycles. The fourth-order valence-electron chi connectivity index (χ4n) is 2.18. The van der Waals surface area contributed by atoms with Crippen LogP contribution in [-0.2, 0) is 0 Å². The lowest BCUT2D eigenvalue weighted by atomic mass is 9.97. The minimum absolute atomic E-state index is 0.422. The second-order valence-corrected chi connectivity index (χ2v) is 4.59. The van der Waals surface area contributed by atoms with Crippen LogP contribution in [-0.4, -0.2) is 19.6 Å². The van der Waals surface area contributed by atoms with Gasteiger partial charge in [-0.2, -0.15) is 0 Å². The number of hydrogen-bond donors (Lipinski definition) is 1. The number of benzene rings is 1. The van der Waals surface area contributed by atoms with Crippen molar-refractivity contribution in [3.05, 3.63) is 29.8 Å². The summed E-state index contributed by atoms with van der Waals surface area (Å²) in [5.41, 5.74) is 8.50. The lowest BCUT2D eigenvalue weighted by Gasteiger charge is -2.34. The zero-order valence-corrected chi connectivity index (χ0v) is 10.9. The summed E-state index contributed by atoms with van der Waals surface area (Å²) in [5.74, 6) is 0.620. The molecule has 2 unspecified atom stereocenters. The van der Waals surface area contributed by atoms with Crippen molar-refractivity contribution >= 4 is 5.69 Å². The smallest absolute Gasteiger partial charge is 0.0434 e. The molecule has 0 aliphatic rings. The van der Waals surface area contributed by atoms with Crippen LogP contribution in [0.25, 0.3) is 0 Å². The van der Waals surface area contributed by atoms with Crippen molar-refractivity contribution in [3.8, 4) is 0 Å². The Morgan fingerprint density at radius 2 is 1.94 bits per heavy atom. The Morgan fingerprint density at radius 1 is 1.31 bits per heavy atom. The molecule has 0 saturated carbocycles. The highest BCUT2D eigenvalue weighted by Gasteiger charge is 2.20. The van der Waals surface area contributed by atoms with E-state index in [1.54, 1.807) is 0 Å². The molecule has 1 aromatic rings. The summed E-state index contributed by atoms with van der Waals surface area (Å²) in [4.78, 5) is 2.32. The fraction of sp³-hybridized carbons (Fsp3) is 0.571. The van der Waals surface area contributed by atoms with E-state index in [2.05, 4.69) is 57.0 Å². The Balaban J connectivity index is 2.91. The number of nitrogens with zero attached hydrogens (tertiary/aromatic N) is 1. The van der Waals surface area contributed by atoms with Gasteiger partial charge in [-0.25, -0.2) is 0 Å². The van der Waals surface area contributed by atoms with Crippen molar-refractivity contribution in [2.75, 3.05) is 18.5 Å². The van der Waals surface area contributed by atoms with E-state index < -0.39 is 0 Å². The van der Waals surface area contributed by atoms with Gasteiger partial charge in [-0.3, -0.25) is 0 Å². The van der Waals surface area contributed by atoms with Gasteiger partial charge in [0.05, 0.1) is 0 Å². The fourth-order valence-corrected chi connectivity index (χ4v) is 2.18. The van der Waals surface area contributed by atoms with Gasteiger partial charge < -0.3 is 10.6 Å². The summed E-state index contributed by atoms with van der Waals surface area (Å²) >= 11 is 0. The Morgan fingerprint density at radius 3 is 2.44 bits per heavy atom. The van der Waals surface area contributed by atoms with Gasteiger partial charge in [-0.1, -0.05) is 38.5 Å². The topological polar surface area (TPSA) is 29.3 Å². The maximum absolute atomic E-state index is 5.90. The number of anilines is 1. The van der Waals surface area contributed by atoms with Crippen LogP contribution >= 0.6 is 0 Å². The van der Waals surface area contributed by atoms with Gasteiger partial charge in [0.1, 0.15) is 0 Å². The minimum Gasteiger partial charge on any atom is -0.370 e. The second kappa shape index (κ2) is 5.90. The number of rotatable bonds is 5. The lowest BCUT2D eigenvalue weighted by Crippen LogP contribution is -2.42. The third-order valence-corrected chi connectivity index (χ3v) is 3.54. The third kappa shape index (κ3) is 2.76. The normalized spacial score (nSPS) is 14.6. The molecule has 0 radical (unpaired) electrons. The van der Waals surface area contributed by atoms with Crippen LogP contribution in [0.4, 0.5) is 5.69 Å². The van der Waals surface area contributed by atoms with E-state index >= 15 is 0 Å². The molecule has 0 aromatic heterocycles. The zero-order chi connectivity index (χ0) is 12.1. The summed E-state index contributed by atoms with van der Waals surface area (Å²) in [6.45, 7) is 7.35. The Labute approximate surface area is 99.5 Å². The van der Waals surface area contributed by atoms with Crippen molar-refractivity contribution < 1.29 is 0 Å². The van der Waals surface area contributed by atoms with Crippen molar-refractivity contribution in [1.82, 2.24) is 0 Å². The molecule has 1 rings (SSSR count). The molecule has 0 spiro atoms. The van der Waals surface area contributed by atoms with E-state index in [0.717, 1.165) is 6.42 Å². The average molecular weight is 220 g/mol. The third-order valence-electron chi connectivity index (χ3n) is 3.54. The number of para-hydroxylation sites is 1. The molecule has 2 heteroatoms. The first-order valence-electron chi connectivity index (χ1n) is 6.10. The van der Waals surface area contributed by atoms with Crippen LogP contribution in [0.3, 0.4) is 0 Å². The van der Waals surface area contributed by atoms with E-state index in [1.807, 2.05) is 0 Å². The van der Waals surface area contributed by atoms with E-state index in [-0.39, 0.29) is 0 Å². The molecular weight excluding hydrogens is 196 g/mol. The van der Waals surface area contributed by atoms with Gasteiger partial charge in [0.25, 0.3) is 0 Å². The second-order valence-electron chi connectivity index (χ2n) is 4.59. The first-order valence-corrected chi connectivity index (χ1v) is 6.10. The zero-order valence-electron chi connectivity index (χ0n) is 10.9. The first-order chi connectivity index (χ1) is 7.61. The van der Waals surface area contributed by atoms with Crippen LogP contribution in [0.5, 0.6) is 0 Å². The quantitative estimate of drug-likeness (QED) is 0.826. The van der Waals surface area contributed by atoms with Crippen LogP contribution in [0.15, 0.2) is 24.3 Å². The molecule has 0 bridgehead atoms. The first kappa shape index (κ1) is 13.0. The van der Waals surface area contributed by atoms with E-state index in [1.165, 1.54) is 11.3 Å². The average Bonchev–Trinajstić information content (AvgIpc) is 2.30. The predicted octanol–water partition coefficient (Wildman–Crippen LogP) is 2.80. The lowest BCUT2D eigenvalue weighted by molar-refractivity contribution is 0.433. The summed E-state index contributed by atoms with van der Waals surface area (Å²) < 4.78 is 0. The number of likely N-dealkylation sites (N-methyl/N-ethyl adjacent to an activating group) is 1. The molecule has 0 amide bonds. The van der Waals surface area contributed by atoms with Crippen molar-refractivity contribution in [3.63, 3.8) is 0 Å². The molecule has 0 aliphatic carbocycles. The Kier molecular flexibility index (Phi) is 4.81. The van der Waals surface area contributed by atoms with Crippen molar-refractivity contribution in [1.29, 1.82) is 0 Å². The summed E-state index contributed by atoms with van der Waals surface area (Å²) in [7, 11) is 2.14. The standard InChI is InChI=1S/C14H24N2/c1-5-11(2)14(10-15)16(4)13-9-7-6-8-12(13)3/h6-9,11,14H,5,10,15H2,1-4H3. The highest BCUT2D eigenvalue weighted by molar-refractivity contribution is 5.53. The molecule has 2 nitrogen and oxygen atoms in total. The molecule has 0 aliphatic heterocycles. The Bertz CT molecular complexity index is 322. The maximum Gasteiger partial charge on any atom is 0.0434 e. The highest BCUT2D eigenvalue weighted by atomic mass is 15.1. The van der Waals surface area contributed by atoms with Crippen molar-refractivity contribution in [2.24, 2.45) is 11.7 Å². The predicted molar refractivity (Wildman–Crippen MR) is 71.9 cm³/mol. The summed E-state index contributed by atoms with van der Waals surface area (Å²) in [5, 5.41) is 0. The molecule has 90 valence electrons. The van der Waals surface area contributed by atoms with E-state index in [4.69, 9.17) is 5.73 Å². The number of hydrogen-bond acceptors (Lipinski definition) is 2. The molecular formula is C14H24N2. The molecule has 16 heavy (non-hydrogen) atoms. The summed E-state index contributed by atoms with van der Waals surface area (Å²) in [6.07, 6.45) is 1.16. The van der Waals surface area contributed by atoms with Gasteiger partial charge in [-0.15, -0.1) is 0 Å². The number of aryl methyl sites for hydroxylation is 1. The molecule has 0 saturated heterocycles. The largest absolute Gasteiger partial charge is 0.370 e. The van der Waals surface area contributed by atoms with Gasteiger partial charge in [0.2, 0.25) is 0 Å². The van der Waals surface area contributed by atoms with Crippen LogP contribution < -0.4 is 10.6 Å². The monoisotopic (exact) mass is 220 g/mol. The minimum atomic E-state index is 0.422. The molecule has 0 fully saturated rings. The number of nitrogens with two attached hydrogens (primary N) is 1. The van der Waals surface area contributed by atoms with Crippen LogP contribution in [0.2, 0.25) is 0 Å². The maximum atomic E-state index is 5.90. The van der Waals surface area contributed by atoms with E-state index in [0.29, 0.717) is 18.5 Å². The van der Waals surface area contributed by atoms with Crippen molar-refractivity contribution in [2.45, 2.75) is 33.2 Å². The van der Waals surface area contributed by atoms with E-state index in [9.17, 15) is 0 Å². The molecule has 1 aromatic carbocycles. The molecule has 2 atom stereocenters. The highest BCUT2D eigenvalue weighted by Crippen LogP contribution is 2.23. The Hall–Kier alpha value is -1.02. The SMILES string of the molecule is CCC(C)C(CN)N(C)c1ccccc1C. The van der Waals surface area contributed by atoms with Gasteiger partial charge in [0.15, 0.2) is 0 Å². The van der Waals surface area contributed by atoms with Gasteiger partial charge in [-0.05, 0) is 24.5 Å². The van der Waals surface area contributed by atoms with Crippen LogP contribution in [0.1, 0.15) is 25.8 Å². The van der Waals surface area contributed by atoms with Gasteiger partial charge in [0, 0.05) is 25.3 Å². The van der Waals surface area contributed by atoms with Gasteiger partial charge >= 0.3 is 0 Å². The van der Waals surface area contributed by atoms with Crippen LogP contribution in [0, 0.1) is 12.8 Å².